The Labute approximate surface area is 94.1 Å². The maximum Gasteiger partial charge on any atom is -0.0115 e. The van der Waals surface area contributed by atoms with E-state index in [9.17, 15) is 0 Å². The van der Waals surface area contributed by atoms with Gasteiger partial charge in [0.15, 0.2) is 0 Å². The van der Waals surface area contributed by atoms with Crippen molar-refractivity contribution >= 4 is 0 Å². The third kappa shape index (κ3) is 1.04. The van der Waals surface area contributed by atoms with Gasteiger partial charge in [0.05, 0.1) is 0 Å². The van der Waals surface area contributed by atoms with E-state index in [4.69, 9.17) is 0 Å². The maximum atomic E-state index is 4.35. The van der Waals surface area contributed by atoms with Crippen molar-refractivity contribution in [2.24, 2.45) is 35.0 Å². The van der Waals surface area contributed by atoms with E-state index < -0.39 is 0 Å². The molecule has 4 bridgehead atoms. The van der Waals surface area contributed by atoms with Crippen LogP contribution in [-0.4, -0.2) is 0 Å². The summed E-state index contributed by atoms with van der Waals surface area (Å²) in [5.74, 6) is 4.85. The molecule has 0 aromatic rings. The van der Waals surface area contributed by atoms with Crippen molar-refractivity contribution in [1.82, 2.24) is 0 Å². The van der Waals surface area contributed by atoms with Gasteiger partial charge in [-0.3, -0.25) is 0 Å². The summed E-state index contributed by atoms with van der Waals surface area (Å²) in [5, 5.41) is 0. The molecule has 0 unspecified atom stereocenters. The van der Waals surface area contributed by atoms with Crippen LogP contribution in [0.15, 0.2) is 12.2 Å². The molecule has 0 saturated heterocycles. The quantitative estimate of drug-likeness (QED) is 0.559. The zero-order valence-electron chi connectivity index (χ0n) is 10.4. The lowest BCUT2D eigenvalue weighted by Crippen LogP contribution is -2.64. The minimum atomic E-state index is 0.672. The van der Waals surface area contributed by atoms with Crippen molar-refractivity contribution < 1.29 is 0 Å². The van der Waals surface area contributed by atoms with Crippen LogP contribution in [0, 0.1) is 35.0 Å². The van der Waals surface area contributed by atoms with Crippen molar-refractivity contribution in [2.45, 2.75) is 46.5 Å². The first-order valence-electron chi connectivity index (χ1n) is 6.73. The van der Waals surface area contributed by atoms with Crippen LogP contribution in [0.3, 0.4) is 0 Å². The molecule has 0 aliphatic heterocycles. The molecule has 4 saturated carbocycles. The largest absolute Gasteiger partial charge is 0.0995 e. The summed E-state index contributed by atoms with van der Waals surface area (Å²) in [5.41, 5.74) is 2.26. The van der Waals surface area contributed by atoms with Gasteiger partial charge in [0.25, 0.3) is 0 Å². The highest BCUT2D eigenvalue weighted by molar-refractivity contribution is 5.26. The molecule has 4 fully saturated rings. The molecule has 0 spiro atoms. The highest BCUT2D eigenvalue weighted by atomic mass is 14.7. The molecular weight excluding hydrogens is 180 g/mol. The van der Waals surface area contributed by atoms with E-state index in [-0.39, 0.29) is 0 Å². The maximum absolute atomic E-state index is 4.35. The zero-order chi connectivity index (χ0) is 10.8. The number of rotatable bonds is 1. The second kappa shape index (κ2) is 2.90. The summed E-state index contributed by atoms with van der Waals surface area (Å²) in [7, 11) is 0. The molecule has 84 valence electrons. The lowest BCUT2D eigenvalue weighted by Gasteiger charge is -2.71. The summed E-state index contributed by atoms with van der Waals surface area (Å²) in [6, 6.07) is 0. The highest BCUT2D eigenvalue weighted by Crippen LogP contribution is 2.72. The van der Waals surface area contributed by atoms with Gasteiger partial charge in [-0.1, -0.05) is 32.9 Å². The molecule has 4 aliphatic rings. The Morgan fingerprint density at radius 1 is 1.33 bits per heavy atom. The first kappa shape index (κ1) is 9.93. The average Bonchev–Trinajstić information content (AvgIpc) is 2.17. The average molecular weight is 204 g/mol. The third-order valence-electron chi connectivity index (χ3n) is 5.99. The Morgan fingerprint density at radius 3 is 2.67 bits per heavy atom. The molecular formula is C15H24. The molecule has 0 nitrogen and oxygen atoms in total. The fourth-order valence-corrected chi connectivity index (χ4v) is 5.32. The normalized spacial score (nSPS) is 52.9. The van der Waals surface area contributed by atoms with E-state index in [1.807, 2.05) is 0 Å². The number of hydrogen-bond acceptors (Lipinski definition) is 0. The fourth-order valence-electron chi connectivity index (χ4n) is 5.32. The lowest BCUT2D eigenvalue weighted by atomic mass is 9.33. The lowest BCUT2D eigenvalue weighted by molar-refractivity contribution is -0.194. The van der Waals surface area contributed by atoms with Gasteiger partial charge >= 0.3 is 0 Å². The van der Waals surface area contributed by atoms with E-state index in [0.717, 1.165) is 29.6 Å². The predicted octanol–water partition coefficient (Wildman–Crippen LogP) is 4.27. The van der Waals surface area contributed by atoms with Gasteiger partial charge in [-0.05, 0) is 60.7 Å². The molecule has 0 heteroatoms. The van der Waals surface area contributed by atoms with Crippen LogP contribution in [-0.2, 0) is 0 Å². The Balaban J connectivity index is 1.93. The van der Waals surface area contributed by atoms with Gasteiger partial charge in [0.2, 0.25) is 0 Å². The summed E-state index contributed by atoms with van der Waals surface area (Å²) in [6.07, 6.45) is 5.73. The van der Waals surface area contributed by atoms with Crippen molar-refractivity contribution in [1.29, 1.82) is 0 Å². The third-order valence-corrected chi connectivity index (χ3v) is 5.99. The molecule has 4 aliphatic carbocycles. The standard InChI is InChI=1S/C15H24/c1-9(2)11-7-8-15(4)12-6-5-10(3)14(15)13(11)12/h9,11-14H,3,5-8H2,1-2,4H3/t11-,12-,13-,14-,15+/m1/s1. The SMILES string of the molecule is C=C1CC[C@@H]2[C@H]3[C@@H](C(C)C)CC[C@]2(C)[C@H]13. The van der Waals surface area contributed by atoms with E-state index in [0.29, 0.717) is 5.41 Å². The Morgan fingerprint density at radius 2 is 2.07 bits per heavy atom. The summed E-state index contributed by atoms with van der Waals surface area (Å²) < 4.78 is 0. The van der Waals surface area contributed by atoms with E-state index >= 15 is 0 Å². The van der Waals surface area contributed by atoms with Gasteiger partial charge in [-0.15, -0.1) is 0 Å². The number of hydrogen-bond donors (Lipinski definition) is 0. The Kier molecular flexibility index (Phi) is 1.92. The van der Waals surface area contributed by atoms with Crippen LogP contribution in [0.2, 0.25) is 0 Å². The number of fused-ring (bicyclic) bond motifs is 2. The topological polar surface area (TPSA) is 0 Å². The van der Waals surface area contributed by atoms with Crippen molar-refractivity contribution in [3.63, 3.8) is 0 Å². The van der Waals surface area contributed by atoms with E-state index in [2.05, 4.69) is 27.4 Å². The van der Waals surface area contributed by atoms with Crippen LogP contribution in [0.1, 0.15) is 46.5 Å². The first-order chi connectivity index (χ1) is 7.05. The van der Waals surface area contributed by atoms with Crippen LogP contribution in [0.5, 0.6) is 0 Å². The molecule has 0 aromatic carbocycles. The Hall–Kier alpha value is -0.260. The summed E-state index contributed by atoms with van der Waals surface area (Å²) in [6.45, 7) is 11.7. The van der Waals surface area contributed by atoms with E-state index in [1.165, 1.54) is 25.7 Å². The van der Waals surface area contributed by atoms with Gasteiger partial charge in [-0.25, -0.2) is 0 Å². The Bertz CT molecular complexity index is 299. The minimum absolute atomic E-state index is 0.672. The molecule has 0 aromatic heterocycles. The fraction of sp³-hybridized carbons (Fsp3) is 0.867. The molecule has 0 heterocycles. The second-order valence-electron chi connectivity index (χ2n) is 6.81. The molecule has 0 amide bonds. The predicted molar refractivity (Wildman–Crippen MR) is 64.5 cm³/mol. The van der Waals surface area contributed by atoms with Crippen LogP contribution >= 0.6 is 0 Å². The first-order valence-corrected chi connectivity index (χ1v) is 6.73. The second-order valence-corrected chi connectivity index (χ2v) is 6.81. The molecule has 5 atom stereocenters. The monoisotopic (exact) mass is 204 g/mol. The minimum Gasteiger partial charge on any atom is -0.0995 e. The highest BCUT2D eigenvalue weighted by Gasteiger charge is 2.65. The van der Waals surface area contributed by atoms with E-state index in [1.54, 1.807) is 5.57 Å². The zero-order valence-corrected chi connectivity index (χ0v) is 10.4. The molecule has 0 radical (unpaired) electrons. The van der Waals surface area contributed by atoms with Crippen LogP contribution < -0.4 is 0 Å². The molecule has 15 heavy (non-hydrogen) atoms. The molecule has 4 rings (SSSR count). The van der Waals surface area contributed by atoms with Gasteiger partial charge in [-0.2, -0.15) is 0 Å². The smallest absolute Gasteiger partial charge is 0.0115 e. The van der Waals surface area contributed by atoms with Gasteiger partial charge in [0.1, 0.15) is 0 Å². The van der Waals surface area contributed by atoms with Crippen molar-refractivity contribution in [3.8, 4) is 0 Å². The summed E-state index contributed by atoms with van der Waals surface area (Å²) >= 11 is 0. The molecule has 0 N–H and O–H groups in total. The van der Waals surface area contributed by atoms with Gasteiger partial charge < -0.3 is 0 Å². The van der Waals surface area contributed by atoms with Crippen LogP contribution in [0.25, 0.3) is 0 Å². The summed E-state index contributed by atoms with van der Waals surface area (Å²) in [4.78, 5) is 0. The van der Waals surface area contributed by atoms with Gasteiger partial charge in [0, 0.05) is 0 Å². The van der Waals surface area contributed by atoms with Crippen molar-refractivity contribution in [2.75, 3.05) is 0 Å². The van der Waals surface area contributed by atoms with Crippen LogP contribution in [0.4, 0.5) is 0 Å². The van der Waals surface area contributed by atoms with Crippen molar-refractivity contribution in [3.05, 3.63) is 12.2 Å². The number of allylic oxidation sites excluding steroid dienone is 1.